The molecule has 2 aromatic rings. The summed E-state index contributed by atoms with van der Waals surface area (Å²) in [5.74, 6) is 0.816. The highest BCUT2D eigenvalue weighted by atomic mass is 32.2. The van der Waals surface area contributed by atoms with Crippen LogP contribution in [0.5, 0.6) is 0 Å². The van der Waals surface area contributed by atoms with E-state index >= 15 is 0 Å². The molecule has 0 saturated carbocycles. The summed E-state index contributed by atoms with van der Waals surface area (Å²) in [4.78, 5) is 16.5. The van der Waals surface area contributed by atoms with Crippen molar-refractivity contribution in [2.75, 3.05) is 11.9 Å². The minimum atomic E-state index is 0.684. The fourth-order valence-electron chi connectivity index (χ4n) is 1.10. The first-order valence-electron chi connectivity index (χ1n) is 4.89. The smallest absolute Gasteiger partial charge is 0.193 e. The molecule has 2 heterocycles. The van der Waals surface area contributed by atoms with Crippen LogP contribution < -0.4 is 5.32 Å². The van der Waals surface area contributed by atoms with E-state index in [9.17, 15) is 0 Å². The molecule has 6 heteroatoms. The zero-order valence-corrected chi connectivity index (χ0v) is 9.61. The number of hydrogen-bond donors (Lipinski definition) is 1. The molecule has 0 fully saturated rings. The topological polar surface area (TPSA) is 63.6 Å². The minimum Gasteiger partial charge on any atom is -0.370 e. The highest BCUT2D eigenvalue weighted by molar-refractivity contribution is 7.99. The van der Waals surface area contributed by atoms with Crippen LogP contribution in [-0.4, -0.2) is 26.5 Å². The molecule has 82 valence electrons. The van der Waals surface area contributed by atoms with Gasteiger partial charge in [0.1, 0.15) is 17.2 Å². The summed E-state index contributed by atoms with van der Waals surface area (Å²) in [6.45, 7) is 2.86. The van der Waals surface area contributed by atoms with E-state index in [-0.39, 0.29) is 0 Å². The first kappa shape index (κ1) is 10.8. The molecule has 16 heavy (non-hydrogen) atoms. The Morgan fingerprint density at radius 2 is 2.00 bits per heavy atom. The van der Waals surface area contributed by atoms with Gasteiger partial charge in [-0.15, -0.1) is 0 Å². The minimum absolute atomic E-state index is 0.684. The number of nitrogens with zero attached hydrogens (tertiary/aromatic N) is 4. The maximum atomic E-state index is 4.15. The number of rotatable bonds is 4. The Bertz CT molecular complexity index is 448. The summed E-state index contributed by atoms with van der Waals surface area (Å²) >= 11 is 1.41. The van der Waals surface area contributed by atoms with Gasteiger partial charge in [-0.25, -0.2) is 19.9 Å². The Hall–Kier alpha value is -1.69. The van der Waals surface area contributed by atoms with Crippen LogP contribution in [0.2, 0.25) is 0 Å². The van der Waals surface area contributed by atoms with Crippen molar-refractivity contribution in [2.45, 2.75) is 17.1 Å². The van der Waals surface area contributed by atoms with Gasteiger partial charge in [-0.2, -0.15) is 0 Å². The molecular formula is C10H11N5S. The quantitative estimate of drug-likeness (QED) is 0.642. The van der Waals surface area contributed by atoms with E-state index in [0.29, 0.717) is 5.16 Å². The molecular weight excluding hydrogens is 222 g/mol. The number of nitrogens with one attached hydrogen (secondary N) is 1. The molecule has 2 rings (SSSR count). The van der Waals surface area contributed by atoms with E-state index in [4.69, 9.17) is 0 Å². The van der Waals surface area contributed by atoms with E-state index in [1.54, 1.807) is 18.5 Å². The van der Waals surface area contributed by atoms with E-state index in [1.807, 2.05) is 13.0 Å². The van der Waals surface area contributed by atoms with Crippen LogP contribution in [-0.2, 0) is 0 Å². The third-order valence-corrected chi connectivity index (χ3v) is 2.56. The average molecular weight is 233 g/mol. The van der Waals surface area contributed by atoms with Gasteiger partial charge >= 0.3 is 0 Å². The second-order valence-corrected chi connectivity index (χ2v) is 3.89. The zero-order valence-electron chi connectivity index (χ0n) is 8.79. The molecule has 0 spiro atoms. The van der Waals surface area contributed by atoms with Crippen molar-refractivity contribution in [1.82, 2.24) is 19.9 Å². The molecule has 2 aromatic heterocycles. The maximum absolute atomic E-state index is 4.15. The molecule has 0 saturated heterocycles. The van der Waals surface area contributed by atoms with Crippen LogP contribution in [0.1, 0.15) is 6.92 Å². The molecule has 0 radical (unpaired) electrons. The predicted octanol–water partition coefficient (Wildman–Crippen LogP) is 1.85. The predicted molar refractivity (Wildman–Crippen MR) is 62.4 cm³/mol. The van der Waals surface area contributed by atoms with Gasteiger partial charge in [0.15, 0.2) is 5.16 Å². The fraction of sp³-hybridized carbons (Fsp3) is 0.200. The number of aromatic nitrogens is 4. The van der Waals surface area contributed by atoms with Crippen LogP contribution >= 0.6 is 11.8 Å². The van der Waals surface area contributed by atoms with Crippen LogP contribution in [0.25, 0.3) is 0 Å². The molecule has 0 aliphatic rings. The number of anilines is 1. The van der Waals surface area contributed by atoms with Crippen molar-refractivity contribution in [1.29, 1.82) is 0 Å². The van der Waals surface area contributed by atoms with Crippen LogP contribution in [0.15, 0.2) is 41.0 Å². The second kappa shape index (κ2) is 5.41. The summed E-state index contributed by atoms with van der Waals surface area (Å²) in [7, 11) is 0. The lowest BCUT2D eigenvalue weighted by Gasteiger charge is -2.03. The molecule has 0 atom stereocenters. The van der Waals surface area contributed by atoms with Crippen LogP contribution in [0.3, 0.4) is 0 Å². The third-order valence-electron chi connectivity index (χ3n) is 1.74. The lowest BCUT2D eigenvalue weighted by Crippen LogP contribution is -1.99. The van der Waals surface area contributed by atoms with Gasteiger partial charge in [0.05, 0.1) is 0 Å². The van der Waals surface area contributed by atoms with Gasteiger partial charge in [-0.05, 0) is 24.8 Å². The van der Waals surface area contributed by atoms with Crippen molar-refractivity contribution in [3.05, 3.63) is 30.9 Å². The Morgan fingerprint density at radius 1 is 1.19 bits per heavy atom. The summed E-state index contributed by atoms with van der Waals surface area (Å²) in [5, 5.41) is 4.64. The highest BCUT2D eigenvalue weighted by Crippen LogP contribution is 2.22. The molecule has 0 unspecified atom stereocenters. The van der Waals surface area contributed by atoms with Gasteiger partial charge < -0.3 is 5.32 Å². The first-order chi connectivity index (χ1) is 7.88. The number of hydrogen-bond acceptors (Lipinski definition) is 6. The molecule has 0 aliphatic carbocycles. The van der Waals surface area contributed by atoms with Gasteiger partial charge in [-0.3, -0.25) is 0 Å². The first-order valence-corrected chi connectivity index (χ1v) is 5.71. The van der Waals surface area contributed by atoms with Crippen molar-refractivity contribution < 1.29 is 0 Å². The molecule has 5 nitrogen and oxygen atoms in total. The lowest BCUT2D eigenvalue weighted by atomic mass is 10.5. The molecule has 0 aromatic carbocycles. The van der Waals surface area contributed by atoms with Crippen molar-refractivity contribution in [3.8, 4) is 0 Å². The maximum Gasteiger partial charge on any atom is 0.193 e. The third kappa shape index (κ3) is 2.90. The van der Waals surface area contributed by atoms with Crippen LogP contribution in [0, 0.1) is 0 Å². The van der Waals surface area contributed by atoms with Crippen LogP contribution in [0.4, 0.5) is 5.82 Å². The van der Waals surface area contributed by atoms with Crippen molar-refractivity contribution in [2.24, 2.45) is 0 Å². The van der Waals surface area contributed by atoms with E-state index < -0.39 is 0 Å². The summed E-state index contributed by atoms with van der Waals surface area (Å²) in [6.07, 6.45) is 4.95. The Kier molecular flexibility index (Phi) is 3.66. The summed E-state index contributed by atoms with van der Waals surface area (Å²) in [6, 6.07) is 3.67. The largest absolute Gasteiger partial charge is 0.370 e. The van der Waals surface area contributed by atoms with Crippen molar-refractivity contribution >= 4 is 17.6 Å². The summed E-state index contributed by atoms with van der Waals surface area (Å²) in [5.41, 5.74) is 0. The SMILES string of the molecule is CCNc1cc(Sc2ncccn2)ncn1. The van der Waals surface area contributed by atoms with Gasteiger partial charge in [-0.1, -0.05) is 0 Å². The van der Waals surface area contributed by atoms with E-state index in [1.165, 1.54) is 18.1 Å². The average Bonchev–Trinajstić information content (AvgIpc) is 2.31. The molecule has 0 amide bonds. The molecule has 0 bridgehead atoms. The van der Waals surface area contributed by atoms with Crippen molar-refractivity contribution in [3.63, 3.8) is 0 Å². The lowest BCUT2D eigenvalue weighted by molar-refractivity contribution is 0.954. The van der Waals surface area contributed by atoms with E-state index in [2.05, 4.69) is 25.3 Å². The van der Waals surface area contributed by atoms with Gasteiger partial charge in [0, 0.05) is 25.0 Å². The van der Waals surface area contributed by atoms with E-state index in [0.717, 1.165) is 17.4 Å². The highest BCUT2D eigenvalue weighted by Gasteiger charge is 2.02. The van der Waals surface area contributed by atoms with Gasteiger partial charge in [0.25, 0.3) is 0 Å². The normalized spacial score (nSPS) is 10.1. The molecule has 1 N–H and O–H groups in total. The second-order valence-electron chi connectivity index (χ2n) is 2.91. The van der Waals surface area contributed by atoms with Gasteiger partial charge in [0.2, 0.25) is 0 Å². The summed E-state index contributed by atoms with van der Waals surface area (Å²) < 4.78 is 0. The Balaban J connectivity index is 2.12. The zero-order chi connectivity index (χ0) is 11.2. The molecule has 0 aliphatic heterocycles. The Labute approximate surface area is 97.8 Å². The monoisotopic (exact) mass is 233 g/mol. The fourth-order valence-corrected chi connectivity index (χ4v) is 1.79. The Morgan fingerprint density at radius 3 is 2.75 bits per heavy atom. The standard InChI is InChI=1S/C10H11N5S/c1-2-11-8-6-9(15-7-14-8)16-10-12-4-3-5-13-10/h3-7H,2H2,1H3,(H,11,14,15).